The molecule has 1 N–H and O–H groups in total. The third-order valence-corrected chi connectivity index (χ3v) is 5.26. The molecule has 1 amide bonds. The van der Waals surface area contributed by atoms with E-state index in [9.17, 15) is 22.4 Å². The first-order valence-electron chi connectivity index (χ1n) is 10.00. The van der Waals surface area contributed by atoms with Crippen LogP contribution in [0.4, 0.5) is 28.0 Å². The molecule has 4 nitrogen and oxygen atoms in total. The quantitative estimate of drug-likeness (QED) is 0.496. The fraction of sp³-hybridized carbons (Fsp3) is 0.208. The first kappa shape index (κ1) is 21.8. The third kappa shape index (κ3) is 4.75. The van der Waals surface area contributed by atoms with E-state index in [1.165, 1.54) is 35.2 Å². The number of rotatable bonds is 6. The molecule has 0 saturated carbocycles. The molecule has 0 aliphatic carbocycles. The second-order valence-electron chi connectivity index (χ2n) is 7.45. The van der Waals surface area contributed by atoms with Gasteiger partial charge in [-0.25, -0.2) is 9.18 Å². The van der Waals surface area contributed by atoms with E-state index < -0.39 is 35.8 Å². The molecule has 0 aromatic heterocycles. The smallest absolute Gasteiger partial charge is 0.416 e. The van der Waals surface area contributed by atoms with Crippen molar-refractivity contribution in [1.29, 1.82) is 0 Å². The molecule has 1 saturated heterocycles. The fourth-order valence-electron chi connectivity index (χ4n) is 3.77. The number of ether oxygens (including phenoxy) is 1. The van der Waals surface area contributed by atoms with E-state index in [1.54, 1.807) is 6.07 Å². The highest BCUT2D eigenvalue weighted by Gasteiger charge is 2.43. The minimum absolute atomic E-state index is 0.239. The molecule has 32 heavy (non-hydrogen) atoms. The largest absolute Gasteiger partial charge is 0.442 e. The van der Waals surface area contributed by atoms with Gasteiger partial charge in [-0.1, -0.05) is 42.5 Å². The number of carbonyl (C=O) groups is 1. The fourth-order valence-corrected chi connectivity index (χ4v) is 3.77. The van der Waals surface area contributed by atoms with Gasteiger partial charge in [0.05, 0.1) is 5.56 Å². The summed E-state index contributed by atoms with van der Waals surface area (Å²) in [5, 5.41) is 3.23. The van der Waals surface area contributed by atoms with Gasteiger partial charge in [0.2, 0.25) is 0 Å². The summed E-state index contributed by atoms with van der Waals surface area (Å²) in [4.78, 5) is 14.0. The molecule has 3 aromatic rings. The lowest BCUT2D eigenvalue weighted by molar-refractivity contribution is -0.137. The van der Waals surface area contributed by atoms with Gasteiger partial charge in [-0.2, -0.15) is 13.2 Å². The van der Waals surface area contributed by atoms with Crippen molar-refractivity contribution in [3.8, 4) is 0 Å². The van der Waals surface area contributed by atoms with Crippen molar-refractivity contribution in [2.24, 2.45) is 0 Å². The Kier molecular flexibility index (Phi) is 6.14. The van der Waals surface area contributed by atoms with Gasteiger partial charge >= 0.3 is 12.3 Å². The van der Waals surface area contributed by atoms with E-state index in [2.05, 4.69) is 5.32 Å². The number of benzene rings is 3. The lowest BCUT2D eigenvalue weighted by atomic mass is 9.99. The molecular formula is C24H20F4N2O2. The van der Waals surface area contributed by atoms with Crippen molar-refractivity contribution < 1.29 is 27.1 Å². The van der Waals surface area contributed by atoms with Crippen molar-refractivity contribution in [3.05, 3.63) is 101 Å². The van der Waals surface area contributed by atoms with Gasteiger partial charge in [-0.15, -0.1) is 0 Å². The second-order valence-corrected chi connectivity index (χ2v) is 7.45. The van der Waals surface area contributed by atoms with Crippen LogP contribution >= 0.6 is 0 Å². The summed E-state index contributed by atoms with van der Waals surface area (Å²) in [5.74, 6) is -0.481. The molecule has 1 heterocycles. The zero-order chi connectivity index (χ0) is 22.7. The standard InChI is InChI=1S/C24H20F4N2O2/c25-19-8-4-7-17(13-19)22-21(15-29-14-16-5-2-1-3-6-16)32-23(31)30(22)20-11-9-18(10-12-20)24(26,27)28/h1-13,21-22,29H,14-15H2/t21-,22-/m0/s1. The van der Waals surface area contributed by atoms with Gasteiger partial charge < -0.3 is 10.1 Å². The molecule has 8 heteroatoms. The van der Waals surface area contributed by atoms with Gasteiger partial charge in [0.25, 0.3) is 0 Å². The number of cyclic esters (lactones) is 1. The molecule has 4 rings (SSSR count). The Labute approximate surface area is 182 Å². The zero-order valence-electron chi connectivity index (χ0n) is 16.9. The number of halogens is 4. The maximum absolute atomic E-state index is 13.9. The Morgan fingerprint density at radius 2 is 1.66 bits per heavy atom. The molecule has 166 valence electrons. The maximum atomic E-state index is 13.9. The Bertz CT molecular complexity index is 1070. The molecular weight excluding hydrogens is 424 g/mol. The normalized spacial score (nSPS) is 18.6. The number of anilines is 1. The highest BCUT2D eigenvalue weighted by Crippen LogP contribution is 2.39. The summed E-state index contributed by atoms with van der Waals surface area (Å²) in [6.07, 6.45) is -5.86. The maximum Gasteiger partial charge on any atom is 0.416 e. The molecule has 2 atom stereocenters. The summed E-state index contributed by atoms with van der Waals surface area (Å²) in [7, 11) is 0. The topological polar surface area (TPSA) is 41.6 Å². The number of hydrogen-bond acceptors (Lipinski definition) is 3. The number of amides is 1. The van der Waals surface area contributed by atoms with Crippen molar-refractivity contribution >= 4 is 11.8 Å². The minimum atomic E-state index is -4.49. The lowest BCUT2D eigenvalue weighted by Crippen LogP contribution is -2.34. The minimum Gasteiger partial charge on any atom is -0.442 e. The first-order valence-corrected chi connectivity index (χ1v) is 10.00. The van der Waals surface area contributed by atoms with Crippen LogP contribution in [0.2, 0.25) is 0 Å². The van der Waals surface area contributed by atoms with Gasteiger partial charge in [-0.05, 0) is 47.5 Å². The van der Waals surface area contributed by atoms with E-state index in [-0.39, 0.29) is 12.2 Å². The van der Waals surface area contributed by atoms with Crippen molar-refractivity contribution in [2.75, 3.05) is 11.4 Å². The van der Waals surface area contributed by atoms with Crippen LogP contribution < -0.4 is 10.2 Å². The molecule has 0 radical (unpaired) electrons. The highest BCUT2D eigenvalue weighted by atomic mass is 19.4. The summed E-state index contributed by atoms with van der Waals surface area (Å²) in [6, 6.07) is 18.9. The average Bonchev–Trinajstić information content (AvgIpc) is 3.10. The lowest BCUT2D eigenvalue weighted by Gasteiger charge is -2.25. The third-order valence-electron chi connectivity index (χ3n) is 5.26. The van der Waals surface area contributed by atoms with Crippen molar-refractivity contribution in [2.45, 2.75) is 24.9 Å². The van der Waals surface area contributed by atoms with Crippen LogP contribution in [0.25, 0.3) is 0 Å². The Hall–Kier alpha value is -3.39. The monoisotopic (exact) mass is 444 g/mol. The SMILES string of the molecule is O=C1O[C@@H](CNCc2ccccc2)[C@H](c2cccc(F)c2)N1c1ccc(C(F)(F)F)cc1. The number of alkyl halides is 3. The van der Waals surface area contributed by atoms with Gasteiger partial charge in [0.15, 0.2) is 0 Å². The van der Waals surface area contributed by atoms with Crippen molar-refractivity contribution in [3.63, 3.8) is 0 Å². The van der Waals surface area contributed by atoms with Crippen LogP contribution in [-0.2, 0) is 17.5 Å². The van der Waals surface area contributed by atoms with E-state index in [0.29, 0.717) is 12.1 Å². The van der Waals surface area contributed by atoms with E-state index in [4.69, 9.17) is 4.74 Å². The predicted molar refractivity (Wildman–Crippen MR) is 111 cm³/mol. The number of carbonyl (C=O) groups excluding carboxylic acids is 1. The second kappa shape index (κ2) is 9.00. The molecule has 0 bridgehead atoms. The van der Waals surface area contributed by atoms with E-state index in [1.807, 2.05) is 30.3 Å². The van der Waals surface area contributed by atoms with Crippen molar-refractivity contribution in [1.82, 2.24) is 5.32 Å². The predicted octanol–water partition coefficient (Wildman–Crippen LogP) is 5.70. The van der Waals surface area contributed by atoms with E-state index >= 15 is 0 Å². The summed E-state index contributed by atoms with van der Waals surface area (Å²) >= 11 is 0. The van der Waals surface area contributed by atoms with Crippen LogP contribution in [0.1, 0.15) is 22.7 Å². The first-order chi connectivity index (χ1) is 15.3. The summed E-state index contributed by atoms with van der Waals surface area (Å²) < 4.78 is 58.3. The Balaban J connectivity index is 1.60. The van der Waals surface area contributed by atoms with E-state index in [0.717, 1.165) is 17.7 Å². The Morgan fingerprint density at radius 1 is 0.938 bits per heavy atom. The molecule has 1 fully saturated rings. The number of hydrogen-bond donors (Lipinski definition) is 1. The molecule has 3 aromatic carbocycles. The average molecular weight is 444 g/mol. The highest BCUT2D eigenvalue weighted by molar-refractivity contribution is 5.91. The van der Waals surface area contributed by atoms with Crippen LogP contribution in [-0.4, -0.2) is 18.7 Å². The van der Waals surface area contributed by atoms with Crippen LogP contribution in [0.3, 0.4) is 0 Å². The van der Waals surface area contributed by atoms with Crippen LogP contribution in [0, 0.1) is 5.82 Å². The summed E-state index contributed by atoms with van der Waals surface area (Å²) in [5.41, 5.74) is 0.945. The van der Waals surface area contributed by atoms with Gasteiger partial charge in [0, 0.05) is 18.8 Å². The zero-order valence-corrected chi connectivity index (χ0v) is 16.9. The number of nitrogens with zero attached hydrogens (tertiary/aromatic N) is 1. The molecule has 1 aliphatic heterocycles. The molecule has 1 aliphatic rings. The van der Waals surface area contributed by atoms with Gasteiger partial charge in [-0.3, -0.25) is 4.90 Å². The molecule has 0 unspecified atom stereocenters. The molecule has 0 spiro atoms. The van der Waals surface area contributed by atoms with Crippen LogP contribution in [0.5, 0.6) is 0 Å². The Morgan fingerprint density at radius 3 is 2.31 bits per heavy atom. The number of nitrogens with one attached hydrogen (secondary N) is 1. The van der Waals surface area contributed by atoms with Crippen LogP contribution in [0.15, 0.2) is 78.9 Å². The van der Waals surface area contributed by atoms with Gasteiger partial charge in [0.1, 0.15) is 18.0 Å². The summed E-state index contributed by atoms with van der Waals surface area (Å²) in [6.45, 7) is 0.810.